The van der Waals surface area contributed by atoms with Crippen molar-refractivity contribution < 1.29 is 9.90 Å². The van der Waals surface area contributed by atoms with E-state index in [4.69, 9.17) is 16.7 Å². The molecule has 0 saturated carbocycles. The van der Waals surface area contributed by atoms with Gasteiger partial charge in [-0.3, -0.25) is 4.79 Å². The molecule has 0 unspecified atom stereocenters. The number of halogens is 1. The van der Waals surface area contributed by atoms with Crippen molar-refractivity contribution in [3.8, 4) is 11.3 Å². The monoisotopic (exact) mass is 314 g/mol. The Balaban J connectivity index is 2.04. The second kappa shape index (κ2) is 6.20. The third-order valence-corrected chi connectivity index (χ3v) is 3.80. The van der Waals surface area contributed by atoms with Gasteiger partial charge in [-0.25, -0.2) is 4.98 Å². The maximum Gasteiger partial charge on any atom is 0.303 e. The summed E-state index contributed by atoms with van der Waals surface area (Å²) in [5, 5.41) is 9.52. The molecule has 4 nitrogen and oxygen atoms in total. The molecule has 1 aromatic carbocycles. The molecule has 0 bridgehead atoms. The fourth-order valence-electron chi connectivity index (χ4n) is 2.53. The van der Waals surface area contributed by atoms with Gasteiger partial charge >= 0.3 is 5.97 Å². The number of pyridine rings is 1. The SMILES string of the molecule is O=C(O)CCCc1c(-c2ccc(Cl)cc2)nc2ccccn12. The van der Waals surface area contributed by atoms with E-state index < -0.39 is 5.97 Å². The summed E-state index contributed by atoms with van der Waals surface area (Å²) in [6.45, 7) is 0. The lowest BCUT2D eigenvalue weighted by molar-refractivity contribution is -0.137. The van der Waals surface area contributed by atoms with Crippen LogP contribution in [0.5, 0.6) is 0 Å². The number of imidazole rings is 1. The highest BCUT2D eigenvalue weighted by Crippen LogP contribution is 2.27. The fourth-order valence-corrected chi connectivity index (χ4v) is 2.66. The molecule has 0 aliphatic rings. The van der Waals surface area contributed by atoms with E-state index in [9.17, 15) is 4.79 Å². The summed E-state index contributed by atoms with van der Waals surface area (Å²) in [5.74, 6) is -0.776. The van der Waals surface area contributed by atoms with Crippen molar-refractivity contribution >= 4 is 23.2 Å². The van der Waals surface area contributed by atoms with Crippen LogP contribution in [0.2, 0.25) is 5.02 Å². The second-order valence-corrected chi connectivity index (χ2v) is 5.53. The van der Waals surface area contributed by atoms with Crippen LogP contribution in [0, 0.1) is 0 Å². The molecule has 0 amide bonds. The van der Waals surface area contributed by atoms with Crippen LogP contribution >= 0.6 is 11.6 Å². The molecule has 22 heavy (non-hydrogen) atoms. The highest BCUT2D eigenvalue weighted by Gasteiger charge is 2.14. The molecule has 0 saturated heterocycles. The zero-order valence-corrected chi connectivity index (χ0v) is 12.6. The first-order valence-electron chi connectivity index (χ1n) is 7.09. The van der Waals surface area contributed by atoms with Gasteiger partial charge in [0.1, 0.15) is 5.65 Å². The van der Waals surface area contributed by atoms with Crippen LogP contribution in [-0.4, -0.2) is 20.5 Å². The molecule has 0 fully saturated rings. The standard InChI is InChI=1S/C17H15ClN2O2/c18-13-9-7-12(8-10-13)17-14(4-3-6-16(21)22)20-11-2-1-5-15(20)19-17/h1-2,5,7-11H,3-4,6H2,(H,21,22). The highest BCUT2D eigenvalue weighted by atomic mass is 35.5. The Kier molecular flexibility index (Phi) is 4.11. The van der Waals surface area contributed by atoms with Crippen molar-refractivity contribution in [2.24, 2.45) is 0 Å². The minimum atomic E-state index is -0.776. The number of fused-ring (bicyclic) bond motifs is 1. The Morgan fingerprint density at radius 1 is 1.18 bits per heavy atom. The smallest absolute Gasteiger partial charge is 0.303 e. The van der Waals surface area contributed by atoms with Crippen molar-refractivity contribution in [3.63, 3.8) is 0 Å². The van der Waals surface area contributed by atoms with Gasteiger partial charge in [0, 0.05) is 23.2 Å². The average molecular weight is 315 g/mol. The van der Waals surface area contributed by atoms with Crippen LogP contribution in [0.1, 0.15) is 18.5 Å². The molecule has 0 aliphatic heterocycles. The van der Waals surface area contributed by atoms with E-state index in [-0.39, 0.29) is 6.42 Å². The molecule has 0 atom stereocenters. The zero-order chi connectivity index (χ0) is 15.5. The van der Waals surface area contributed by atoms with E-state index in [1.807, 2.05) is 53.1 Å². The normalized spacial score (nSPS) is 11.0. The van der Waals surface area contributed by atoms with Crippen molar-refractivity contribution in [1.82, 2.24) is 9.38 Å². The Labute approximate surface area is 133 Å². The van der Waals surface area contributed by atoms with Gasteiger partial charge in [0.25, 0.3) is 0 Å². The van der Waals surface area contributed by atoms with Crippen LogP contribution in [0.4, 0.5) is 0 Å². The number of aliphatic carboxylic acids is 1. The molecule has 0 spiro atoms. The van der Waals surface area contributed by atoms with Gasteiger partial charge in [-0.05, 0) is 37.1 Å². The Hall–Kier alpha value is -2.33. The summed E-state index contributed by atoms with van der Waals surface area (Å²) in [6.07, 6.45) is 3.35. The van der Waals surface area contributed by atoms with Gasteiger partial charge in [0.15, 0.2) is 0 Å². The number of carbonyl (C=O) groups is 1. The molecule has 2 aromatic heterocycles. The summed E-state index contributed by atoms with van der Waals surface area (Å²) in [4.78, 5) is 15.4. The third kappa shape index (κ3) is 2.97. The van der Waals surface area contributed by atoms with Gasteiger partial charge < -0.3 is 9.51 Å². The van der Waals surface area contributed by atoms with Crippen molar-refractivity contribution in [2.45, 2.75) is 19.3 Å². The number of carboxylic acid groups (broad SMARTS) is 1. The summed E-state index contributed by atoms with van der Waals surface area (Å²) in [7, 11) is 0. The van der Waals surface area contributed by atoms with Gasteiger partial charge in [-0.15, -0.1) is 0 Å². The number of carboxylic acids is 1. The maximum absolute atomic E-state index is 10.7. The minimum Gasteiger partial charge on any atom is -0.481 e. The third-order valence-electron chi connectivity index (χ3n) is 3.55. The molecule has 1 N–H and O–H groups in total. The summed E-state index contributed by atoms with van der Waals surface area (Å²) >= 11 is 5.95. The number of nitrogens with zero attached hydrogens (tertiary/aromatic N) is 2. The van der Waals surface area contributed by atoms with E-state index in [2.05, 4.69) is 4.98 Å². The Bertz CT molecular complexity index is 809. The number of aromatic nitrogens is 2. The van der Waals surface area contributed by atoms with Gasteiger partial charge in [-0.1, -0.05) is 29.8 Å². The van der Waals surface area contributed by atoms with Crippen LogP contribution in [0.3, 0.4) is 0 Å². The first-order chi connectivity index (χ1) is 10.6. The first kappa shape index (κ1) is 14.6. The lowest BCUT2D eigenvalue weighted by atomic mass is 10.1. The lowest BCUT2D eigenvalue weighted by Gasteiger charge is -2.05. The van der Waals surface area contributed by atoms with Crippen molar-refractivity contribution in [3.05, 3.63) is 59.4 Å². The average Bonchev–Trinajstić information content (AvgIpc) is 2.87. The predicted molar refractivity (Wildman–Crippen MR) is 86.2 cm³/mol. The van der Waals surface area contributed by atoms with E-state index >= 15 is 0 Å². The Morgan fingerprint density at radius 3 is 2.68 bits per heavy atom. The molecule has 0 aliphatic carbocycles. The minimum absolute atomic E-state index is 0.153. The van der Waals surface area contributed by atoms with Gasteiger partial charge in [0.2, 0.25) is 0 Å². The predicted octanol–water partition coefficient (Wildman–Crippen LogP) is 4.06. The van der Waals surface area contributed by atoms with Gasteiger partial charge in [-0.2, -0.15) is 0 Å². The van der Waals surface area contributed by atoms with Crippen molar-refractivity contribution in [2.75, 3.05) is 0 Å². The second-order valence-electron chi connectivity index (χ2n) is 5.09. The fraction of sp³-hybridized carbons (Fsp3) is 0.176. The van der Waals surface area contributed by atoms with E-state index in [0.717, 1.165) is 22.6 Å². The molecule has 3 aromatic rings. The number of benzene rings is 1. The Morgan fingerprint density at radius 2 is 1.95 bits per heavy atom. The van der Waals surface area contributed by atoms with Crippen LogP contribution in [0.25, 0.3) is 16.9 Å². The topological polar surface area (TPSA) is 54.6 Å². The number of hydrogen-bond acceptors (Lipinski definition) is 2. The zero-order valence-electron chi connectivity index (χ0n) is 11.9. The molecule has 3 rings (SSSR count). The molecule has 0 radical (unpaired) electrons. The number of aryl methyl sites for hydroxylation is 1. The lowest BCUT2D eigenvalue weighted by Crippen LogP contribution is -1.99. The largest absolute Gasteiger partial charge is 0.481 e. The summed E-state index contributed by atoms with van der Waals surface area (Å²) in [6, 6.07) is 13.4. The summed E-state index contributed by atoms with van der Waals surface area (Å²) < 4.78 is 2.02. The molecule has 2 heterocycles. The van der Waals surface area contributed by atoms with Gasteiger partial charge in [0.05, 0.1) is 11.4 Å². The quantitative estimate of drug-likeness (QED) is 0.772. The maximum atomic E-state index is 10.7. The van der Waals surface area contributed by atoms with E-state index in [1.54, 1.807) is 0 Å². The first-order valence-corrected chi connectivity index (χ1v) is 7.46. The number of hydrogen-bond donors (Lipinski definition) is 1. The van der Waals surface area contributed by atoms with Crippen LogP contribution in [0.15, 0.2) is 48.7 Å². The summed E-state index contributed by atoms with van der Waals surface area (Å²) in [5.41, 5.74) is 3.75. The van der Waals surface area contributed by atoms with Crippen molar-refractivity contribution in [1.29, 1.82) is 0 Å². The van der Waals surface area contributed by atoms with Crippen LogP contribution in [-0.2, 0) is 11.2 Å². The molecular weight excluding hydrogens is 300 g/mol. The molecule has 5 heteroatoms. The van der Waals surface area contributed by atoms with E-state index in [1.165, 1.54) is 0 Å². The highest BCUT2D eigenvalue weighted by molar-refractivity contribution is 6.30. The van der Waals surface area contributed by atoms with Crippen LogP contribution < -0.4 is 0 Å². The molecule has 112 valence electrons. The van der Waals surface area contributed by atoms with E-state index in [0.29, 0.717) is 17.9 Å². The molecular formula is C17H15ClN2O2. The number of rotatable bonds is 5.